The monoisotopic (exact) mass is 313 g/mol. The highest BCUT2D eigenvalue weighted by atomic mass is 16.2. The number of nitrogens with two attached hydrogens (primary N) is 1. The number of rotatable bonds is 3. The van der Waals surface area contributed by atoms with Crippen molar-refractivity contribution in [2.24, 2.45) is 5.73 Å². The Morgan fingerprint density at radius 1 is 1.26 bits per heavy atom. The van der Waals surface area contributed by atoms with Gasteiger partial charge in [-0.3, -0.25) is 9.59 Å². The number of aromatic amines is 1. The van der Waals surface area contributed by atoms with Gasteiger partial charge in [-0.1, -0.05) is 12.1 Å². The van der Waals surface area contributed by atoms with E-state index in [9.17, 15) is 9.59 Å². The van der Waals surface area contributed by atoms with Gasteiger partial charge in [0.2, 0.25) is 11.8 Å². The minimum atomic E-state index is -0.448. The highest BCUT2D eigenvalue weighted by molar-refractivity contribution is 5.95. The molecule has 0 radical (unpaired) electrons. The number of hydrogen-bond donors (Lipinski definition) is 2. The lowest BCUT2D eigenvalue weighted by molar-refractivity contribution is -0.136. The van der Waals surface area contributed by atoms with Crippen LogP contribution in [0.25, 0.3) is 10.9 Å². The molecule has 0 spiro atoms. The van der Waals surface area contributed by atoms with Crippen LogP contribution in [-0.2, 0) is 16.0 Å². The zero-order valence-electron chi connectivity index (χ0n) is 13.9. The van der Waals surface area contributed by atoms with Gasteiger partial charge in [-0.25, -0.2) is 0 Å². The average molecular weight is 313 g/mol. The number of likely N-dealkylation sites (tertiary alicyclic amines) is 1. The number of aryl methyl sites for hydroxylation is 3. The van der Waals surface area contributed by atoms with E-state index < -0.39 is 11.9 Å². The van der Waals surface area contributed by atoms with Gasteiger partial charge in [0.25, 0.3) is 0 Å². The minimum absolute atomic E-state index is 0.0174. The first-order valence-corrected chi connectivity index (χ1v) is 8.06. The number of H-pyrrole nitrogens is 1. The third kappa shape index (κ3) is 2.60. The van der Waals surface area contributed by atoms with E-state index in [-0.39, 0.29) is 5.91 Å². The standard InChI is InChI=1S/C18H23N3O2/c1-10-6-7-11(2)17-16(10)13(12(3)20-17)9-15(22)21-8-4-5-14(21)18(19)23/h6-7,14,20H,4-5,8-9H2,1-3H3,(H2,19,23)/t14-/m1/s1. The molecule has 1 aromatic carbocycles. The van der Waals surface area contributed by atoms with Crippen molar-refractivity contribution >= 4 is 22.7 Å². The van der Waals surface area contributed by atoms with Crippen molar-refractivity contribution in [3.05, 3.63) is 34.5 Å². The Labute approximate surface area is 135 Å². The Morgan fingerprint density at radius 2 is 1.96 bits per heavy atom. The number of amides is 2. The second-order valence-electron chi connectivity index (χ2n) is 6.50. The molecular weight excluding hydrogens is 290 g/mol. The molecule has 5 nitrogen and oxygen atoms in total. The molecule has 2 amide bonds. The summed E-state index contributed by atoms with van der Waals surface area (Å²) in [6, 6.07) is 3.72. The number of primary amides is 1. The van der Waals surface area contributed by atoms with Crippen molar-refractivity contribution in [2.45, 2.75) is 46.1 Å². The van der Waals surface area contributed by atoms with Crippen molar-refractivity contribution in [1.29, 1.82) is 0 Å². The molecule has 1 fully saturated rings. The molecule has 3 rings (SSSR count). The predicted molar refractivity (Wildman–Crippen MR) is 90.1 cm³/mol. The molecule has 5 heteroatoms. The van der Waals surface area contributed by atoms with Crippen LogP contribution in [0.3, 0.4) is 0 Å². The molecule has 1 saturated heterocycles. The highest BCUT2D eigenvalue weighted by Crippen LogP contribution is 2.29. The maximum atomic E-state index is 12.7. The van der Waals surface area contributed by atoms with E-state index in [1.807, 2.05) is 6.92 Å². The fourth-order valence-corrected chi connectivity index (χ4v) is 3.65. The Bertz CT molecular complexity index is 791. The molecule has 1 atom stereocenters. The largest absolute Gasteiger partial charge is 0.368 e. The highest BCUT2D eigenvalue weighted by Gasteiger charge is 2.33. The van der Waals surface area contributed by atoms with Gasteiger partial charge < -0.3 is 15.6 Å². The molecule has 1 aliphatic heterocycles. The van der Waals surface area contributed by atoms with Gasteiger partial charge in [0, 0.05) is 23.1 Å². The molecule has 0 bridgehead atoms. The van der Waals surface area contributed by atoms with Crippen LogP contribution in [0.5, 0.6) is 0 Å². The quantitative estimate of drug-likeness (QED) is 0.910. The summed E-state index contributed by atoms with van der Waals surface area (Å²) >= 11 is 0. The van der Waals surface area contributed by atoms with Crippen LogP contribution >= 0.6 is 0 Å². The molecule has 1 aliphatic rings. The summed E-state index contributed by atoms with van der Waals surface area (Å²) in [7, 11) is 0. The number of nitrogens with one attached hydrogen (secondary N) is 1. The fraction of sp³-hybridized carbons (Fsp3) is 0.444. The first-order valence-electron chi connectivity index (χ1n) is 8.06. The number of fused-ring (bicyclic) bond motifs is 1. The van der Waals surface area contributed by atoms with Crippen LogP contribution in [0.1, 0.15) is 35.2 Å². The summed E-state index contributed by atoms with van der Waals surface area (Å²) < 4.78 is 0. The molecule has 2 heterocycles. The van der Waals surface area contributed by atoms with Crippen LogP contribution in [0.4, 0.5) is 0 Å². The summed E-state index contributed by atoms with van der Waals surface area (Å²) in [6.07, 6.45) is 1.82. The van der Waals surface area contributed by atoms with Crippen molar-refractivity contribution in [3.8, 4) is 0 Å². The summed E-state index contributed by atoms with van der Waals surface area (Å²) in [5.74, 6) is -0.422. The molecule has 0 saturated carbocycles. The number of hydrogen-bond acceptors (Lipinski definition) is 2. The van der Waals surface area contributed by atoms with Crippen molar-refractivity contribution in [3.63, 3.8) is 0 Å². The topological polar surface area (TPSA) is 79.2 Å². The molecule has 2 aromatic rings. The lowest BCUT2D eigenvalue weighted by Crippen LogP contribution is -2.44. The minimum Gasteiger partial charge on any atom is -0.368 e. The first kappa shape index (κ1) is 15.6. The molecule has 0 unspecified atom stereocenters. The molecule has 3 N–H and O–H groups in total. The van der Waals surface area contributed by atoms with Gasteiger partial charge >= 0.3 is 0 Å². The number of carbonyl (C=O) groups excluding carboxylic acids is 2. The molecule has 23 heavy (non-hydrogen) atoms. The summed E-state index contributed by atoms with van der Waals surface area (Å²) in [4.78, 5) is 29.3. The normalized spacial score (nSPS) is 17.9. The van der Waals surface area contributed by atoms with Gasteiger partial charge in [-0.2, -0.15) is 0 Å². The lowest BCUT2D eigenvalue weighted by Gasteiger charge is -2.22. The van der Waals surface area contributed by atoms with Crippen LogP contribution in [0, 0.1) is 20.8 Å². The summed E-state index contributed by atoms with van der Waals surface area (Å²) in [5, 5.41) is 1.13. The average Bonchev–Trinajstić information content (AvgIpc) is 3.09. The van der Waals surface area contributed by atoms with Gasteiger partial charge in [-0.05, 0) is 50.3 Å². The van der Waals surface area contributed by atoms with Gasteiger partial charge in [0.15, 0.2) is 0 Å². The Hall–Kier alpha value is -2.30. The summed E-state index contributed by atoms with van der Waals surface area (Å²) in [5.41, 5.74) is 10.9. The van der Waals surface area contributed by atoms with Gasteiger partial charge in [0.1, 0.15) is 6.04 Å². The zero-order valence-corrected chi connectivity index (χ0v) is 13.9. The maximum Gasteiger partial charge on any atom is 0.240 e. The Kier molecular flexibility index (Phi) is 3.88. The fourth-order valence-electron chi connectivity index (χ4n) is 3.65. The van der Waals surface area contributed by atoms with E-state index in [4.69, 9.17) is 5.73 Å². The van der Waals surface area contributed by atoms with Crippen LogP contribution in [-0.4, -0.2) is 34.3 Å². The molecule has 0 aliphatic carbocycles. The molecular formula is C18H23N3O2. The van der Waals surface area contributed by atoms with E-state index >= 15 is 0 Å². The third-order valence-corrected chi connectivity index (χ3v) is 4.92. The second-order valence-corrected chi connectivity index (χ2v) is 6.50. The van der Waals surface area contributed by atoms with Crippen LogP contribution in [0.2, 0.25) is 0 Å². The Morgan fingerprint density at radius 3 is 2.65 bits per heavy atom. The van der Waals surface area contributed by atoms with Gasteiger partial charge in [0.05, 0.1) is 6.42 Å². The van der Waals surface area contributed by atoms with E-state index in [0.717, 1.165) is 34.1 Å². The van der Waals surface area contributed by atoms with Crippen LogP contribution < -0.4 is 5.73 Å². The number of nitrogens with zero attached hydrogens (tertiary/aromatic N) is 1. The number of carbonyl (C=O) groups is 2. The van der Waals surface area contributed by atoms with Crippen molar-refractivity contribution in [1.82, 2.24) is 9.88 Å². The lowest BCUT2D eigenvalue weighted by atomic mass is 10.0. The zero-order chi connectivity index (χ0) is 16.7. The molecule has 122 valence electrons. The summed E-state index contributed by atoms with van der Waals surface area (Å²) in [6.45, 7) is 6.74. The Balaban J connectivity index is 1.96. The number of benzene rings is 1. The maximum absolute atomic E-state index is 12.7. The van der Waals surface area contributed by atoms with Gasteiger partial charge in [-0.15, -0.1) is 0 Å². The molecule has 1 aromatic heterocycles. The van der Waals surface area contributed by atoms with E-state index in [1.165, 1.54) is 5.56 Å². The van der Waals surface area contributed by atoms with E-state index in [1.54, 1.807) is 4.90 Å². The predicted octanol–water partition coefficient (Wildman–Crippen LogP) is 2.11. The first-order chi connectivity index (χ1) is 10.9. The smallest absolute Gasteiger partial charge is 0.240 e. The number of aromatic nitrogens is 1. The van der Waals surface area contributed by atoms with Crippen LogP contribution in [0.15, 0.2) is 12.1 Å². The second kappa shape index (κ2) is 5.72. The van der Waals surface area contributed by atoms with Crippen molar-refractivity contribution in [2.75, 3.05) is 6.54 Å². The SMILES string of the molecule is Cc1[nH]c2c(C)ccc(C)c2c1CC(=O)N1CCC[C@@H]1C(N)=O. The third-order valence-electron chi connectivity index (χ3n) is 4.92. The van der Waals surface area contributed by atoms with E-state index in [2.05, 4.69) is 31.0 Å². The van der Waals surface area contributed by atoms with E-state index in [0.29, 0.717) is 19.4 Å². The van der Waals surface area contributed by atoms with Crippen molar-refractivity contribution < 1.29 is 9.59 Å².